The fraction of sp³-hybridized carbons (Fsp3) is 0.273. The summed E-state index contributed by atoms with van der Waals surface area (Å²) >= 11 is 0. The Balaban J connectivity index is 1.78. The van der Waals surface area contributed by atoms with Crippen LogP contribution in [0.25, 0.3) is 0 Å². The van der Waals surface area contributed by atoms with E-state index in [2.05, 4.69) is 15.6 Å². The van der Waals surface area contributed by atoms with Gasteiger partial charge in [0.25, 0.3) is 5.91 Å². The molecular formula is C22H27FN6O4. The summed E-state index contributed by atoms with van der Waals surface area (Å²) in [6.45, 7) is 1.52. The Morgan fingerprint density at radius 2 is 2.06 bits per heavy atom. The number of aliphatic hydroxyl groups excluding tert-OH is 1. The van der Waals surface area contributed by atoms with E-state index >= 15 is 0 Å². The quantitative estimate of drug-likeness (QED) is 0.183. The smallest absolute Gasteiger partial charge is 0.255 e. The Morgan fingerprint density at radius 1 is 1.33 bits per heavy atom. The summed E-state index contributed by atoms with van der Waals surface area (Å²) in [6, 6.07) is 7.53. The van der Waals surface area contributed by atoms with Gasteiger partial charge in [-0.2, -0.15) is 0 Å². The van der Waals surface area contributed by atoms with Gasteiger partial charge in [-0.25, -0.2) is 4.39 Å². The molecule has 1 aromatic heterocycles. The molecule has 10 nitrogen and oxygen atoms in total. The summed E-state index contributed by atoms with van der Waals surface area (Å²) in [4.78, 5) is 28.5. The number of nitrogens with one attached hydrogen (secondary N) is 3. The molecule has 0 saturated carbocycles. The first-order valence-electron chi connectivity index (χ1n) is 10.1. The van der Waals surface area contributed by atoms with Crippen LogP contribution in [0.3, 0.4) is 0 Å². The van der Waals surface area contributed by atoms with Crippen molar-refractivity contribution in [3.63, 3.8) is 0 Å². The number of pyridine rings is 1. The van der Waals surface area contributed by atoms with Crippen molar-refractivity contribution in [3.8, 4) is 0 Å². The van der Waals surface area contributed by atoms with Crippen molar-refractivity contribution in [1.29, 1.82) is 5.41 Å². The second-order valence-corrected chi connectivity index (χ2v) is 6.92. The number of hydrogen-bond acceptors (Lipinski definition) is 8. The van der Waals surface area contributed by atoms with Crippen LogP contribution in [0, 0.1) is 11.2 Å². The van der Waals surface area contributed by atoms with Crippen molar-refractivity contribution >= 4 is 29.5 Å². The standard InChI is InChI=1S/C22H27FN6O4/c1-15(21(31)22(32)28-18-3-2-16(13-24)19(23)12-18)33-11-10-29(14-30)20(25)6-9-27-17-4-7-26-8-5-17/h2-9,12,14-15,21,25,31H,10-11,13,24H2,1H3,(H,26,27)(H,28,32)/b9-6-,25-20?. The lowest BCUT2D eigenvalue weighted by Crippen LogP contribution is -2.39. The maximum Gasteiger partial charge on any atom is 0.255 e. The Morgan fingerprint density at radius 3 is 2.70 bits per heavy atom. The normalized spacial score (nSPS) is 12.7. The fourth-order valence-corrected chi connectivity index (χ4v) is 2.64. The van der Waals surface area contributed by atoms with E-state index in [4.69, 9.17) is 15.9 Å². The Labute approximate surface area is 190 Å². The van der Waals surface area contributed by atoms with E-state index in [1.54, 1.807) is 24.5 Å². The highest BCUT2D eigenvalue weighted by molar-refractivity contribution is 5.97. The van der Waals surface area contributed by atoms with Gasteiger partial charge in [0.1, 0.15) is 11.7 Å². The van der Waals surface area contributed by atoms with E-state index in [9.17, 15) is 19.1 Å². The summed E-state index contributed by atoms with van der Waals surface area (Å²) in [7, 11) is 0. The van der Waals surface area contributed by atoms with Crippen LogP contribution >= 0.6 is 0 Å². The summed E-state index contributed by atoms with van der Waals surface area (Å²) in [5.74, 6) is -1.41. The molecule has 0 aliphatic rings. The molecule has 33 heavy (non-hydrogen) atoms. The minimum absolute atomic E-state index is 0.0277. The SMILES string of the molecule is CC(OCCN(C=O)C(=N)/C=C\Nc1ccncc1)C(O)C(=O)Nc1ccc(CN)c(F)c1. The third kappa shape index (κ3) is 8.07. The molecule has 0 radical (unpaired) electrons. The molecule has 11 heteroatoms. The highest BCUT2D eigenvalue weighted by Gasteiger charge is 2.23. The van der Waals surface area contributed by atoms with Crippen LogP contribution in [0.4, 0.5) is 15.8 Å². The summed E-state index contributed by atoms with van der Waals surface area (Å²) in [6.07, 6.45) is 4.17. The molecule has 2 amide bonds. The Kier molecular flexibility index (Phi) is 10.1. The van der Waals surface area contributed by atoms with E-state index in [-0.39, 0.29) is 31.2 Å². The van der Waals surface area contributed by atoms with Gasteiger partial charge in [-0.3, -0.25) is 24.9 Å². The lowest BCUT2D eigenvalue weighted by molar-refractivity contribution is -0.132. The van der Waals surface area contributed by atoms with Crippen LogP contribution in [-0.2, 0) is 20.9 Å². The zero-order valence-electron chi connectivity index (χ0n) is 18.1. The highest BCUT2D eigenvalue weighted by Crippen LogP contribution is 2.15. The predicted octanol–water partition coefficient (Wildman–Crippen LogP) is 1.45. The number of carbonyl (C=O) groups is 2. The zero-order chi connectivity index (χ0) is 24.2. The van der Waals surface area contributed by atoms with Crippen molar-refractivity contribution < 1.29 is 23.8 Å². The predicted molar refractivity (Wildman–Crippen MR) is 122 cm³/mol. The number of ether oxygens (including phenoxy) is 1. The number of aliphatic hydroxyl groups is 1. The van der Waals surface area contributed by atoms with Crippen molar-refractivity contribution in [3.05, 3.63) is 66.4 Å². The third-order valence-electron chi connectivity index (χ3n) is 4.57. The average Bonchev–Trinajstić information content (AvgIpc) is 2.81. The van der Waals surface area contributed by atoms with Crippen LogP contribution in [0.15, 0.2) is 55.0 Å². The first-order valence-corrected chi connectivity index (χ1v) is 10.1. The van der Waals surface area contributed by atoms with Gasteiger partial charge in [0.2, 0.25) is 6.41 Å². The average molecular weight is 458 g/mol. The lowest BCUT2D eigenvalue weighted by atomic mass is 10.1. The second kappa shape index (κ2) is 13.0. The minimum Gasteiger partial charge on any atom is -0.381 e. The largest absolute Gasteiger partial charge is 0.381 e. The van der Waals surface area contributed by atoms with Crippen LogP contribution in [0.2, 0.25) is 0 Å². The molecule has 2 unspecified atom stereocenters. The summed E-state index contributed by atoms with van der Waals surface area (Å²) < 4.78 is 19.2. The van der Waals surface area contributed by atoms with Gasteiger partial charge >= 0.3 is 0 Å². The van der Waals surface area contributed by atoms with E-state index in [1.165, 1.54) is 31.3 Å². The molecule has 6 N–H and O–H groups in total. The van der Waals surface area contributed by atoms with Gasteiger partial charge < -0.3 is 26.2 Å². The van der Waals surface area contributed by atoms with Gasteiger partial charge in [0.15, 0.2) is 6.10 Å². The van der Waals surface area contributed by atoms with Crippen molar-refractivity contribution in [1.82, 2.24) is 9.88 Å². The van der Waals surface area contributed by atoms with Crippen molar-refractivity contribution in [2.24, 2.45) is 5.73 Å². The van der Waals surface area contributed by atoms with Crippen LogP contribution in [0.5, 0.6) is 0 Å². The van der Waals surface area contributed by atoms with Gasteiger partial charge in [-0.15, -0.1) is 0 Å². The number of halogens is 1. The van der Waals surface area contributed by atoms with Gasteiger partial charge in [0, 0.05) is 42.1 Å². The molecule has 2 atom stereocenters. The van der Waals surface area contributed by atoms with Crippen molar-refractivity contribution in [2.75, 3.05) is 23.8 Å². The Hall–Kier alpha value is -3.67. The second-order valence-electron chi connectivity index (χ2n) is 6.92. The zero-order valence-corrected chi connectivity index (χ0v) is 18.1. The molecule has 0 fully saturated rings. The van der Waals surface area contributed by atoms with Gasteiger partial charge in [-0.1, -0.05) is 6.07 Å². The molecule has 2 aromatic rings. The number of aromatic nitrogens is 1. The minimum atomic E-state index is -1.53. The number of benzene rings is 1. The van der Waals surface area contributed by atoms with Crippen LogP contribution in [-0.4, -0.2) is 58.5 Å². The maximum absolute atomic E-state index is 13.8. The van der Waals surface area contributed by atoms with E-state index in [0.717, 1.165) is 16.7 Å². The number of amidine groups is 1. The number of rotatable bonds is 12. The van der Waals surface area contributed by atoms with Gasteiger partial charge in [-0.05, 0) is 37.3 Å². The topological polar surface area (TPSA) is 154 Å². The molecule has 176 valence electrons. The summed E-state index contributed by atoms with van der Waals surface area (Å²) in [5.41, 5.74) is 6.65. The van der Waals surface area contributed by atoms with E-state index in [0.29, 0.717) is 12.0 Å². The molecular weight excluding hydrogens is 431 g/mol. The number of carbonyl (C=O) groups excluding carboxylic acids is 2. The number of nitrogens with two attached hydrogens (primary N) is 1. The number of anilines is 2. The monoisotopic (exact) mass is 458 g/mol. The molecule has 0 aliphatic heterocycles. The molecule has 1 aromatic carbocycles. The van der Waals surface area contributed by atoms with E-state index < -0.39 is 23.9 Å². The fourth-order valence-electron chi connectivity index (χ4n) is 2.64. The first kappa shape index (κ1) is 25.6. The van der Waals surface area contributed by atoms with Crippen LogP contribution in [0.1, 0.15) is 12.5 Å². The summed E-state index contributed by atoms with van der Waals surface area (Å²) in [5, 5.41) is 23.5. The van der Waals surface area contributed by atoms with Crippen LogP contribution < -0.4 is 16.4 Å². The molecule has 0 aliphatic carbocycles. The van der Waals surface area contributed by atoms with Crippen molar-refractivity contribution in [2.45, 2.75) is 25.7 Å². The maximum atomic E-state index is 13.8. The number of hydrogen-bond donors (Lipinski definition) is 5. The van der Waals surface area contributed by atoms with E-state index in [1.807, 2.05) is 0 Å². The number of amides is 2. The first-order chi connectivity index (χ1) is 15.8. The molecule has 1 heterocycles. The third-order valence-corrected chi connectivity index (χ3v) is 4.57. The lowest BCUT2D eigenvalue weighted by Gasteiger charge is -2.21. The molecule has 2 rings (SSSR count). The Bertz CT molecular complexity index is 973. The molecule has 0 saturated heterocycles. The molecule has 0 spiro atoms. The highest BCUT2D eigenvalue weighted by atomic mass is 19.1. The van der Waals surface area contributed by atoms with Gasteiger partial charge in [0.05, 0.1) is 19.3 Å². The number of nitrogens with zero attached hydrogens (tertiary/aromatic N) is 2. The molecule has 0 bridgehead atoms.